The van der Waals surface area contributed by atoms with Crippen LogP contribution in [0.2, 0.25) is 0 Å². The Bertz CT molecular complexity index is 1530. The molecule has 1 aliphatic heterocycles. The van der Waals surface area contributed by atoms with Gasteiger partial charge in [-0.2, -0.15) is 0 Å². The normalized spacial score (nSPS) is 16.3. The maximum absolute atomic E-state index is 6.22. The van der Waals surface area contributed by atoms with E-state index in [0.29, 0.717) is 0 Å². The van der Waals surface area contributed by atoms with Crippen LogP contribution in [-0.4, -0.2) is 43.0 Å². The molecule has 0 bridgehead atoms. The van der Waals surface area contributed by atoms with E-state index in [1.54, 1.807) is 0 Å². The summed E-state index contributed by atoms with van der Waals surface area (Å²) in [6.07, 6.45) is 8.00. The lowest BCUT2D eigenvalue weighted by atomic mass is 10.0. The average Bonchev–Trinajstić information content (AvgIpc) is 3.41. The Kier molecular flexibility index (Phi) is 5.38. The zero-order valence-electron chi connectivity index (χ0n) is 20.1. The summed E-state index contributed by atoms with van der Waals surface area (Å²) < 4.78 is 4.52. The third-order valence-corrected chi connectivity index (χ3v) is 7.18. The van der Waals surface area contributed by atoms with E-state index in [2.05, 4.69) is 93.1 Å². The molecule has 5 heterocycles. The fourth-order valence-corrected chi connectivity index (χ4v) is 5.27. The van der Waals surface area contributed by atoms with Crippen molar-refractivity contribution >= 4 is 22.2 Å². The van der Waals surface area contributed by atoms with Crippen LogP contribution in [-0.2, 0) is 6.54 Å². The minimum absolute atomic E-state index is 0.215. The number of aryl methyl sites for hydroxylation is 1. The number of nitrogens with zero attached hydrogens (tertiary/aromatic N) is 5. The van der Waals surface area contributed by atoms with Gasteiger partial charge < -0.3 is 19.6 Å². The summed E-state index contributed by atoms with van der Waals surface area (Å²) in [5.41, 5.74) is 14.9. The quantitative estimate of drug-likeness (QED) is 0.395. The molecule has 0 aliphatic carbocycles. The Balaban J connectivity index is 1.43. The van der Waals surface area contributed by atoms with Crippen LogP contribution in [0.3, 0.4) is 0 Å². The lowest BCUT2D eigenvalue weighted by molar-refractivity contribution is 0.296. The zero-order chi connectivity index (χ0) is 23.9. The van der Waals surface area contributed by atoms with Crippen LogP contribution < -0.4 is 5.73 Å². The second-order valence-corrected chi connectivity index (χ2v) is 9.51. The van der Waals surface area contributed by atoms with Gasteiger partial charge in [0, 0.05) is 72.1 Å². The van der Waals surface area contributed by atoms with Crippen molar-refractivity contribution in [1.82, 2.24) is 23.8 Å². The van der Waals surface area contributed by atoms with Crippen molar-refractivity contribution in [3.63, 3.8) is 0 Å². The van der Waals surface area contributed by atoms with E-state index < -0.39 is 0 Å². The van der Waals surface area contributed by atoms with Crippen molar-refractivity contribution in [3.8, 4) is 11.4 Å². The molecule has 0 radical (unpaired) electrons. The molecule has 1 aliphatic rings. The van der Waals surface area contributed by atoms with E-state index in [0.717, 1.165) is 66.5 Å². The third kappa shape index (κ3) is 3.90. The molecule has 1 fully saturated rings. The van der Waals surface area contributed by atoms with Gasteiger partial charge in [0.05, 0.1) is 5.69 Å². The molecule has 0 spiro atoms. The summed E-state index contributed by atoms with van der Waals surface area (Å²) >= 11 is 0. The van der Waals surface area contributed by atoms with E-state index >= 15 is 0 Å². The van der Waals surface area contributed by atoms with Gasteiger partial charge in [0.2, 0.25) is 0 Å². The maximum atomic E-state index is 6.22. The molecule has 1 saturated heterocycles. The Labute approximate surface area is 205 Å². The Morgan fingerprint density at radius 1 is 1.11 bits per heavy atom. The molecule has 1 atom stereocenters. The van der Waals surface area contributed by atoms with Crippen LogP contribution in [0.15, 0.2) is 79.8 Å². The second kappa shape index (κ2) is 8.71. The highest BCUT2D eigenvalue weighted by Crippen LogP contribution is 2.32. The monoisotopic (exact) mass is 462 g/mol. The van der Waals surface area contributed by atoms with Gasteiger partial charge in [-0.25, -0.2) is 4.98 Å². The number of piperidine rings is 1. The topological polar surface area (TPSA) is 64.4 Å². The largest absolute Gasteiger partial charge is 0.370 e. The van der Waals surface area contributed by atoms with E-state index in [1.165, 1.54) is 16.5 Å². The average molecular weight is 463 g/mol. The van der Waals surface area contributed by atoms with Crippen molar-refractivity contribution in [2.24, 2.45) is 5.73 Å². The van der Waals surface area contributed by atoms with Crippen LogP contribution >= 0.6 is 0 Å². The summed E-state index contributed by atoms with van der Waals surface area (Å²) in [7, 11) is 0. The number of para-hydroxylation sites is 1. The van der Waals surface area contributed by atoms with Gasteiger partial charge in [-0.3, -0.25) is 4.98 Å². The van der Waals surface area contributed by atoms with Crippen molar-refractivity contribution in [2.45, 2.75) is 32.4 Å². The number of hydrogen-bond acceptors (Lipinski definition) is 4. The molecule has 2 N–H and O–H groups in total. The number of rotatable bonds is 5. The van der Waals surface area contributed by atoms with Crippen molar-refractivity contribution < 1.29 is 0 Å². The van der Waals surface area contributed by atoms with Crippen LogP contribution in [0, 0.1) is 6.92 Å². The number of imidazole rings is 1. The summed E-state index contributed by atoms with van der Waals surface area (Å²) in [5, 5.41) is 1.21. The summed E-state index contributed by atoms with van der Waals surface area (Å²) in [6, 6.07) is 19.4. The molecule has 0 unspecified atom stereocenters. The first kappa shape index (κ1) is 21.6. The lowest BCUT2D eigenvalue weighted by Crippen LogP contribution is -2.41. The summed E-state index contributed by atoms with van der Waals surface area (Å²) in [4.78, 5) is 11.6. The highest BCUT2D eigenvalue weighted by molar-refractivity contribution is 5.87. The highest BCUT2D eigenvalue weighted by Gasteiger charge is 2.21. The van der Waals surface area contributed by atoms with Gasteiger partial charge in [-0.05, 0) is 61.7 Å². The van der Waals surface area contributed by atoms with Crippen molar-refractivity contribution in [3.05, 3.63) is 96.6 Å². The number of benzene rings is 1. The van der Waals surface area contributed by atoms with Crippen LogP contribution in [0.1, 0.15) is 29.7 Å². The number of hydrogen-bond donors (Lipinski definition) is 1. The van der Waals surface area contributed by atoms with E-state index in [9.17, 15) is 0 Å². The molecule has 0 saturated carbocycles. The van der Waals surface area contributed by atoms with Gasteiger partial charge in [0.15, 0.2) is 0 Å². The van der Waals surface area contributed by atoms with Gasteiger partial charge in [0.25, 0.3) is 0 Å². The van der Waals surface area contributed by atoms with Crippen molar-refractivity contribution in [1.29, 1.82) is 0 Å². The Morgan fingerprint density at radius 3 is 2.77 bits per heavy atom. The van der Waals surface area contributed by atoms with Crippen molar-refractivity contribution in [2.75, 3.05) is 13.1 Å². The number of fused-ring (bicyclic) bond motifs is 2. The molecular formula is C29H30N6. The molecule has 35 heavy (non-hydrogen) atoms. The first-order chi connectivity index (χ1) is 17.1. The number of aromatic nitrogens is 4. The van der Waals surface area contributed by atoms with E-state index in [-0.39, 0.29) is 6.04 Å². The second-order valence-electron chi connectivity index (χ2n) is 9.51. The fourth-order valence-electron chi connectivity index (χ4n) is 5.27. The van der Waals surface area contributed by atoms with Gasteiger partial charge >= 0.3 is 0 Å². The van der Waals surface area contributed by atoms with E-state index in [1.807, 2.05) is 12.4 Å². The molecule has 5 aromatic rings. The molecule has 6 nitrogen and oxygen atoms in total. The minimum atomic E-state index is 0.215. The van der Waals surface area contributed by atoms with E-state index in [4.69, 9.17) is 10.7 Å². The maximum Gasteiger partial charge on any atom is 0.138 e. The molecule has 176 valence electrons. The minimum Gasteiger partial charge on any atom is -0.370 e. The lowest BCUT2D eigenvalue weighted by Gasteiger charge is -2.34. The summed E-state index contributed by atoms with van der Waals surface area (Å²) in [5.74, 6) is 0. The number of pyridine rings is 2. The standard InChI is InChI=1S/C29H30N6/c1-20(33-14-5-7-25(30)19-33)23-11-15-34-21(2)29(32-28(34)17-23)27-16-24-6-3-4-8-26(24)35(27)18-22-9-12-31-13-10-22/h3-4,6,8-13,15-17,25H,1,5,7,14,18-19,30H2,2H3/t25-/m1/s1. The molecule has 6 heteroatoms. The Hall–Kier alpha value is -3.90. The van der Waals surface area contributed by atoms with Gasteiger partial charge in [0.1, 0.15) is 11.3 Å². The Morgan fingerprint density at radius 2 is 1.94 bits per heavy atom. The predicted octanol–water partition coefficient (Wildman–Crippen LogP) is 5.10. The number of nitrogens with two attached hydrogens (primary N) is 1. The van der Waals surface area contributed by atoms with Gasteiger partial charge in [-0.1, -0.05) is 24.8 Å². The molecular weight excluding hydrogens is 432 g/mol. The van der Waals surface area contributed by atoms with Crippen LogP contribution in [0.25, 0.3) is 33.6 Å². The first-order valence-electron chi connectivity index (χ1n) is 12.2. The molecule has 4 aromatic heterocycles. The molecule has 6 rings (SSSR count). The highest BCUT2D eigenvalue weighted by atomic mass is 15.2. The molecule has 0 amide bonds. The third-order valence-electron chi connectivity index (χ3n) is 7.18. The van der Waals surface area contributed by atoms with Gasteiger partial charge in [-0.15, -0.1) is 0 Å². The smallest absolute Gasteiger partial charge is 0.138 e. The zero-order valence-corrected chi connectivity index (χ0v) is 20.1. The summed E-state index contributed by atoms with van der Waals surface area (Å²) in [6.45, 7) is 9.16. The van der Waals surface area contributed by atoms with Crippen LogP contribution in [0.4, 0.5) is 0 Å². The number of likely N-dealkylation sites (tertiary alicyclic amines) is 1. The predicted molar refractivity (Wildman–Crippen MR) is 142 cm³/mol. The van der Waals surface area contributed by atoms with Crippen LogP contribution in [0.5, 0.6) is 0 Å². The SMILES string of the molecule is C=C(c1ccn2c(C)c(-c3cc4ccccc4n3Cc3ccncc3)nc2c1)N1CCC[C@@H](N)C1. The fraction of sp³-hybridized carbons (Fsp3) is 0.241. The first-order valence-corrected chi connectivity index (χ1v) is 12.2. The molecule has 1 aromatic carbocycles.